The molecule has 128 valence electrons. The van der Waals surface area contributed by atoms with E-state index in [-0.39, 0.29) is 12.1 Å². The summed E-state index contributed by atoms with van der Waals surface area (Å²) < 4.78 is 5.40. The highest BCUT2D eigenvalue weighted by Crippen LogP contribution is 2.25. The molecule has 0 bridgehead atoms. The number of aromatic nitrogens is 2. The van der Waals surface area contributed by atoms with E-state index in [9.17, 15) is 9.59 Å². The molecule has 0 fully saturated rings. The fraction of sp³-hybridized carbons (Fsp3) is 0.667. The van der Waals surface area contributed by atoms with Gasteiger partial charge in [-0.15, -0.1) is 0 Å². The van der Waals surface area contributed by atoms with E-state index in [1.54, 1.807) is 4.90 Å². The lowest BCUT2D eigenvalue weighted by Crippen LogP contribution is -2.40. The highest BCUT2D eigenvalue weighted by molar-refractivity contribution is 5.89. The van der Waals surface area contributed by atoms with Crippen LogP contribution >= 0.6 is 0 Å². The number of ether oxygens (including phenoxy) is 1. The zero-order valence-electron chi connectivity index (χ0n) is 14.2. The normalized spacial score (nSPS) is 14.2. The average Bonchev–Trinajstić information content (AvgIpc) is 2.85. The minimum Gasteiger partial charge on any atom is -0.444 e. The number of hydrogen-bond acceptors (Lipinski definition) is 4. The van der Waals surface area contributed by atoms with E-state index < -0.39 is 5.60 Å². The van der Waals surface area contributed by atoms with E-state index in [0.29, 0.717) is 31.9 Å². The zero-order valence-corrected chi connectivity index (χ0v) is 14.2. The molecule has 0 atom stereocenters. The number of nitrogens with zero attached hydrogens (tertiary/aromatic N) is 2. The molecule has 3 N–H and O–H groups in total. The minimum absolute atomic E-state index is 0.296. The number of H-pyrrole nitrogens is 1. The van der Waals surface area contributed by atoms with Gasteiger partial charge >= 0.3 is 12.1 Å². The standard InChI is InChI=1S/C15H25N5O3/c1-5-7-16-13(21)17-12-10-9-20(8-6-11(10)18-19-12)14(22)23-15(2,3)4/h5-9H2,1-4H3,(H3,16,17,18,19,21). The van der Waals surface area contributed by atoms with Crippen LogP contribution in [0.15, 0.2) is 0 Å². The van der Waals surface area contributed by atoms with Crippen LogP contribution in [0.4, 0.5) is 15.4 Å². The summed E-state index contributed by atoms with van der Waals surface area (Å²) in [6.07, 6.45) is 1.16. The van der Waals surface area contributed by atoms with Crippen molar-refractivity contribution in [1.82, 2.24) is 20.4 Å². The number of anilines is 1. The van der Waals surface area contributed by atoms with Crippen molar-refractivity contribution in [3.8, 4) is 0 Å². The van der Waals surface area contributed by atoms with E-state index in [0.717, 1.165) is 17.7 Å². The van der Waals surface area contributed by atoms with Gasteiger partial charge in [0.25, 0.3) is 0 Å². The molecule has 1 aromatic heterocycles. The molecule has 0 saturated heterocycles. The third-order valence-electron chi connectivity index (χ3n) is 3.35. The molecule has 3 amide bonds. The largest absolute Gasteiger partial charge is 0.444 e. The van der Waals surface area contributed by atoms with E-state index in [1.807, 2.05) is 27.7 Å². The zero-order chi connectivity index (χ0) is 17.0. The highest BCUT2D eigenvalue weighted by Gasteiger charge is 2.28. The molecule has 2 rings (SSSR count). The first-order chi connectivity index (χ1) is 10.8. The smallest absolute Gasteiger partial charge is 0.410 e. The number of carbonyl (C=O) groups is 2. The second-order valence-electron chi connectivity index (χ2n) is 6.56. The van der Waals surface area contributed by atoms with E-state index in [1.165, 1.54) is 0 Å². The SMILES string of the molecule is CCCNC(=O)Nc1n[nH]c2c1CN(C(=O)OC(C)(C)C)CC2. The summed E-state index contributed by atoms with van der Waals surface area (Å²) in [6.45, 7) is 9.02. The van der Waals surface area contributed by atoms with Crippen LogP contribution in [0.2, 0.25) is 0 Å². The van der Waals surface area contributed by atoms with Crippen molar-refractivity contribution in [1.29, 1.82) is 0 Å². The number of fused-ring (bicyclic) bond motifs is 1. The summed E-state index contributed by atoms with van der Waals surface area (Å²) in [5.41, 5.74) is 1.24. The molecular weight excluding hydrogens is 298 g/mol. The number of nitrogens with one attached hydrogen (secondary N) is 3. The van der Waals surface area contributed by atoms with Crippen molar-refractivity contribution in [3.05, 3.63) is 11.3 Å². The first kappa shape index (κ1) is 17.1. The maximum absolute atomic E-state index is 12.2. The van der Waals surface area contributed by atoms with Crippen molar-refractivity contribution in [3.63, 3.8) is 0 Å². The van der Waals surface area contributed by atoms with Gasteiger partial charge in [0.05, 0.1) is 6.54 Å². The first-order valence-corrected chi connectivity index (χ1v) is 7.89. The molecule has 2 heterocycles. The Morgan fingerprint density at radius 2 is 2.13 bits per heavy atom. The predicted molar refractivity (Wildman–Crippen MR) is 86.2 cm³/mol. The van der Waals surface area contributed by atoms with Crippen LogP contribution in [0.25, 0.3) is 0 Å². The van der Waals surface area contributed by atoms with Gasteiger partial charge in [0.2, 0.25) is 0 Å². The molecule has 1 aromatic rings. The fourth-order valence-corrected chi connectivity index (χ4v) is 2.27. The van der Waals surface area contributed by atoms with Crippen LogP contribution in [0.3, 0.4) is 0 Å². The molecule has 0 spiro atoms. The molecule has 23 heavy (non-hydrogen) atoms. The molecule has 8 heteroatoms. The Labute approximate surface area is 135 Å². The van der Waals surface area contributed by atoms with Gasteiger partial charge in [-0.2, -0.15) is 5.10 Å². The molecular formula is C15H25N5O3. The number of hydrogen-bond donors (Lipinski definition) is 3. The first-order valence-electron chi connectivity index (χ1n) is 7.89. The Morgan fingerprint density at radius 1 is 1.39 bits per heavy atom. The Bertz CT molecular complexity index is 576. The van der Waals surface area contributed by atoms with Gasteiger partial charge in [-0.3, -0.25) is 10.4 Å². The summed E-state index contributed by atoms with van der Waals surface area (Å²) in [5.74, 6) is 0.460. The van der Waals surface area contributed by atoms with E-state index in [2.05, 4.69) is 20.8 Å². The maximum Gasteiger partial charge on any atom is 0.410 e. The van der Waals surface area contributed by atoms with E-state index >= 15 is 0 Å². The Hall–Kier alpha value is -2.25. The Balaban J connectivity index is 2.03. The fourth-order valence-electron chi connectivity index (χ4n) is 2.27. The third kappa shape index (κ3) is 4.61. The predicted octanol–water partition coefficient (Wildman–Crippen LogP) is 2.23. The van der Waals surface area contributed by atoms with Gasteiger partial charge in [-0.1, -0.05) is 6.92 Å². The van der Waals surface area contributed by atoms with Gasteiger partial charge < -0.3 is 15.0 Å². The summed E-state index contributed by atoms with van der Waals surface area (Å²) in [4.78, 5) is 25.6. The maximum atomic E-state index is 12.2. The topological polar surface area (TPSA) is 99.4 Å². The second-order valence-corrected chi connectivity index (χ2v) is 6.56. The molecule has 8 nitrogen and oxygen atoms in total. The van der Waals surface area contributed by atoms with Gasteiger partial charge in [0.15, 0.2) is 5.82 Å². The third-order valence-corrected chi connectivity index (χ3v) is 3.35. The second kappa shape index (κ2) is 6.89. The number of carbonyl (C=O) groups excluding carboxylic acids is 2. The Kier molecular flexibility index (Phi) is 5.12. The molecule has 0 saturated carbocycles. The lowest BCUT2D eigenvalue weighted by Gasteiger charge is -2.30. The summed E-state index contributed by atoms with van der Waals surface area (Å²) in [6, 6.07) is -0.296. The van der Waals surface area contributed by atoms with Crippen LogP contribution in [-0.2, 0) is 17.7 Å². The van der Waals surface area contributed by atoms with E-state index in [4.69, 9.17) is 4.74 Å². The molecule has 0 unspecified atom stereocenters. The quantitative estimate of drug-likeness (QED) is 0.794. The van der Waals surface area contributed by atoms with Gasteiger partial charge in [0, 0.05) is 30.8 Å². The number of urea groups is 1. The number of rotatable bonds is 3. The molecule has 1 aliphatic rings. The molecule has 0 aromatic carbocycles. The van der Waals surface area contributed by atoms with Crippen LogP contribution in [-0.4, -0.2) is 45.9 Å². The van der Waals surface area contributed by atoms with Gasteiger partial charge in [0.1, 0.15) is 5.60 Å². The van der Waals surface area contributed by atoms with Crippen LogP contribution in [0.5, 0.6) is 0 Å². The van der Waals surface area contributed by atoms with Crippen LogP contribution in [0.1, 0.15) is 45.4 Å². The minimum atomic E-state index is -0.533. The molecule has 1 aliphatic heterocycles. The van der Waals surface area contributed by atoms with Crippen molar-refractivity contribution >= 4 is 17.9 Å². The van der Waals surface area contributed by atoms with Crippen molar-refractivity contribution in [2.75, 3.05) is 18.4 Å². The summed E-state index contributed by atoms with van der Waals surface area (Å²) in [7, 11) is 0. The van der Waals surface area contributed by atoms with Crippen LogP contribution in [0, 0.1) is 0 Å². The summed E-state index contributed by atoms with van der Waals surface area (Å²) in [5, 5.41) is 12.5. The average molecular weight is 323 g/mol. The van der Waals surface area contributed by atoms with Crippen molar-refractivity contribution < 1.29 is 14.3 Å². The summed E-state index contributed by atoms with van der Waals surface area (Å²) >= 11 is 0. The van der Waals surface area contributed by atoms with Gasteiger partial charge in [-0.05, 0) is 27.2 Å². The van der Waals surface area contributed by atoms with Crippen molar-refractivity contribution in [2.45, 2.75) is 52.7 Å². The highest BCUT2D eigenvalue weighted by atomic mass is 16.6. The van der Waals surface area contributed by atoms with Crippen molar-refractivity contribution in [2.24, 2.45) is 0 Å². The van der Waals surface area contributed by atoms with Crippen LogP contribution < -0.4 is 10.6 Å². The lowest BCUT2D eigenvalue weighted by molar-refractivity contribution is 0.0224. The molecule has 0 radical (unpaired) electrons. The van der Waals surface area contributed by atoms with Gasteiger partial charge in [-0.25, -0.2) is 9.59 Å². The number of aromatic amines is 1. The monoisotopic (exact) mass is 323 g/mol. The molecule has 0 aliphatic carbocycles. The lowest BCUT2D eigenvalue weighted by atomic mass is 10.1. The number of amides is 3. The Morgan fingerprint density at radius 3 is 2.78 bits per heavy atom.